The summed E-state index contributed by atoms with van der Waals surface area (Å²) in [4.78, 5) is 34.2. The normalized spacial score (nSPS) is 19.7. The van der Waals surface area contributed by atoms with Crippen LogP contribution in [-0.4, -0.2) is 21.1 Å². The van der Waals surface area contributed by atoms with Crippen molar-refractivity contribution in [1.29, 1.82) is 0 Å². The second-order valence-electron chi connectivity index (χ2n) is 9.65. The van der Waals surface area contributed by atoms with Gasteiger partial charge in [0, 0.05) is 34.5 Å². The van der Waals surface area contributed by atoms with Crippen LogP contribution in [0.1, 0.15) is 32.8 Å². The summed E-state index contributed by atoms with van der Waals surface area (Å²) in [6, 6.07) is 16.2. The molecule has 4 aromatic rings. The van der Waals surface area contributed by atoms with Crippen LogP contribution in [0.4, 0.5) is 26.0 Å². The van der Waals surface area contributed by atoms with Gasteiger partial charge in [0.05, 0.1) is 16.9 Å². The molecule has 0 unspecified atom stereocenters. The number of carbonyl (C=O) groups excluding carboxylic acids is 2. The molecule has 6 nitrogen and oxygen atoms in total. The van der Waals surface area contributed by atoms with E-state index in [9.17, 15) is 18.4 Å². The molecule has 6 rings (SSSR count). The number of hydrogen-bond donors (Lipinski definition) is 3. The Morgan fingerprint density at radius 3 is 2.46 bits per heavy atom. The third-order valence-electron chi connectivity index (χ3n) is 7.30. The molecule has 0 bridgehead atoms. The Balaban J connectivity index is 1.41. The van der Waals surface area contributed by atoms with Gasteiger partial charge in [-0.25, -0.2) is 13.8 Å². The predicted octanol–water partition coefficient (Wildman–Crippen LogP) is 8.05. The fourth-order valence-corrected chi connectivity index (χ4v) is 7.62. The lowest BCUT2D eigenvalue weighted by Crippen LogP contribution is -2.31. The molecule has 2 aliphatic carbocycles. The van der Waals surface area contributed by atoms with E-state index in [-0.39, 0.29) is 22.4 Å². The van der Waals surface area contributed by atoms with Crippen LogP contribution in [-0.2, 0) is 6.42 Å². The second kappa shape index (κ2) is 10.0. The molecule has 2 atom stereocenters. The lowest BCUT2D eigenvalue weighted by Gasteiger charge is -2.29. The van der Waals surface area contributed by atoms with Gasteiger partial charge in [0.1, 0.15) is 22.5 Å². The molecule has 2 aromatic carbocycles. The average Bonchev–Trinajstić information content (AvgIpc) is 3.55. The molecule has 0 saturated heterocycles. The highest BCUT2D eigenvalue weighted by Crippen LogP contribution is 2.72. The number of carbonyl (C=O) groups is 2. The van der Waals surface area contributed by atoms with Crippen LogP contribution in [0.5, 0.6) is 0 Å². The monoisotopic (exact) mass is 862 g/mol. The molecular weight excluding hydrogens is 843 g/mol. The Kier molecular flexibility index (Phi) is 6.97. The van der Waals surface area contributed by atoms with Crippen molar-refractivity contribution in [3.8, 4) is 11.3 Å². The van der Waals surface area contributed by atoms with Gasteiger partial charge in [-0.05, 0) is 49.2 Å². The maximum absolute atomic E-state index is 14.2. The van der Waals surface area contributed by atoms with Crippen LogP contribution in [0.3, 0.4) is 0 Å². The topological polar surface area (TPSA) is 86.9 Å². The van der Waals surface area contributed by atoms with E-state index in [4.69, 9.17) is 0 Å². The zero-order valence-electron chi connectivity index (χ0n) is 20.0. The van der Waals surface area contributed by atoms with Gasteiger partial charge in [0.15, 0.2) is 5.78 Å². The first-order valence-corrected chi connectivity index (χ1v) is 15.2. The standard InChI is InChI=1S/C28H19F2I3N4O2/c29-17-7-4-8-18(30)21(17)26(39)37-20-11-14(9-10-34-20)23-24(35-15-5-2-1-3-6-15)22-19(36-23)13-27(28(31,32)33)12-16(27)25(22)38/h1-11,16,35-36H,12-13H2,(H,34,37,39)/t16-,27-/m1/s1. The molecule has 198 valence electrons. The van der Waals surface area contributed by atoms with Crippen molar-refractivity contribution in [2.45, 2.75) is 12.3 Å². The third kappa shape index (κ3) is 4.77. The molecule has 3 N–H and O–H groups in total. The van der Waals surface area contributed by atoms with Gasteiger partial charge in [-0.15, -0.1) is 0 Å². The van der Waals surface area contributed by atoms with Crippen molar-refractivity contribution in [3.63, 3.8) is 0 Å². The summed E-state index contributed by atoms with van der Waals surface area (Å²) >= 11 is 7.27. The Hall–Kier alpha value is -2.14. The highest BCUT2D eigenvalue weighted by atomic mass is 127. The smallest absolute Gasteiger partial charge is 0.262 e. The van der Waals surface area contributed by atoms with Crippen molar-refractivity contribution in [1.82, 2.24) is 9.97 Å². The minimum atomic E-state index is -0.960. The van der Waals surface area contributed by atoms with E-state index in [1.54, 1.807) is 12.1 Å². The molecule has 0 aliphatic heterocycles. The molecule has 1 fully saturated rings. The molecule has 0 spiro atoms. The van der Waals surface area contributed by atoms with E-state index < -0.39 is 23.1 Å². The zero-order valence-corrected chi connectivity index (χ0v) is 26.5. The Morgan fingerprint density at radius 2 is 1.77 bits per heavy atom. The highest BCUT2D eigenvalue weighted by Gasteiger charge is 2.69. The molecule has 2 aromatic heterocycles. The number of alkyl halides is 3. The summed E-state index contributed by atoms with van der Waals surface area (Å²) in [5.41, 5.74) is 3.53. The number of hydrogen-bond acceptors (Lipinski definition) is 4. The van der Waals surface area contributed by atoms with Crippen LogP contribution in [0, 0.1) is 23.0 Å². The lowest BCUT2D eigenvalue weighted by atomic mass is 9.87. The summed E-state index contributed by atoms with van der Waals surface area (Å²) in [6.07, 6.45) is 3.08. The number of nitrogens with one attached hydrogen (secondary N) is 3. The number of aromatic amines is 1. The Bertz CT molecular complexity index is 1620. The molecule has 2 aliphatic rings. The number of halogens is 5. The first kappa shape index (κ1) is 27.1. The number of amides is 1. The molecule has 0 radical (unpaired) electrons. The van der Waals surface area contributed by atoms with Gasteiger partial charge in [-0.2, -0.15) is 0 Å². The van der Waals surface area contributed by atoms with E-state index in [1.165, 1.54) is 12.3 Å². The van der Waals surface area contributed by atoms with E-state index >= 15 is 0 Å². The largest absolute Gasteiger partial charge is 0.356 e. The number of Topliss-reactive ketones (excluding diaryl/α,β-unsaturated/α-hetero) is 1. The number of pyridine rings is 1. The Morgan fingerprint density at radius 1 is 1.05 bits per heavy atom. The van der Waals surface area contributed by atoms with Gasteiger partial charge in [0.25, 0.3) is 5.91 Å². The number of fused-ring (bicyclic) bond motifs is 2. The maximum Gasteiger partial charge on any atom is 0.262 e. The van der Waals surface area contributed by atoms with Crippen LogP contribution < -0.4 is 10.6 Å². The van der Waals surface area contributed by atoms with Crippen LogP contribution in [0.25, 0.3) is 11.3 Å². The van der Waals surface area contributed by atoms with Crippen LogP contribution in [0.2, 0.25) is 0 Å². The SMILES string of the molecule is O=C(Nc1cc(-c2[nH]c3c(c2Nc2ccccc2)C(=O)[C@H]2C[C@@]2(C(I)(I)I)C3)ccn1)c1c(F)cccc1F. The minimum Gasteiger partial charge on any atom is -0.356 e. The van der Waals surface area contributed by atoms with Gasteiger partial charge >= 0.3 is 0 Å². The number of nitrogens with zero attached hydrogens (tertiary/aromatic N) is 1. The fourth-order valence-electron chi connectivity index (χ4n) is 5.26. The average molecular weight is 862 g/mol. The molecule has 1 saturated carbocycles. The molecule has 1 amide bonds. The number of ketones is 1. The van der Waals surface area contributed by atoms with E-state index in [0.29, 0.717) is 22.5 Å². The van der Waals surface area contributed by atoms with E-state index in [0.717, 1.165) is 36.4 Å². The quantitative estimate of drug-likeness (QED) is 0.135. The summed E-state index contributed by atoms with van der Waals surface area (Å²) in [6.45, 7) is 0. The number of H-pyrrole nitrogens is 1. The van der Waals surface area contributed by atoms with Crippen molar-refractivity contribution in [2.24, 2.45) is 11.3 Å². The Labute approximate surface area is 263 Å². The summed E-state index contributed by atoms with van der Waals surface area (Å²) in [5.74, 6) is -2.67. The zero-order chi connectivity index (χ0) is 27.5. The third-order valence-corrected chi connectivity index (χ3v) is 10.5. The lowest BCUT2D eigenvalue weighted by molar-refractivity contribution is 0.0940. The number of para-hydroxylation sites is 1. The number of anilines is 3. The van der Waals surface area contributed by atoms with Crippen LogP contribution >= 0.6 is 67.8 Å². The van der Waals surface area contributed by atoms with Gasteiger partial charge in [-0.3, -0.25) is 9.59 Å². The number of benzene rings is 2. The number of rotatable bonds is 6. The first-order chi connectivity index (χ1) is 18.6. The first-order valence-electron chi connectivity index (χ1n) is 12.0. The van der Waals surface area contributed by atoms with E-state index in [2.05, 4.69) is 88.4 Å². The second-order valence-corrected chi connectivity index (χ2v) is 20.7. The van der Waals surface area contributed by atoms with E-state index in [1.807, 2.05) is 30.3 Å². The van der Waals surface area contributed by atoms with Crippen molar-refractivity contribution in [3.05, 3.63) is 95.3 Å². The summed E-state index contributed by atoms with van der Waals surface area (Å²) < 4.78 is 28.2. The molecule has 39 heavy (non-hydrogen) atoms. The maximum atomic E-state index is 14.2. The van der Waals surface area contributed by atoms with Crippen molar-refractivity contribution in [2.75, 3.05) is 10.6 Å². The van der Waals surface area contributed by atoms with Gasteiger partial charge in [-0.1, -0.05) is 92.0 Å². The van der Waals surface area contributed by atoms with Crippen LogP contribution in [0.15, 0.2) is 66.9 Å². The molecular formula is C28H19F2I3N4O2. The minimum absolute atomic E-state index is 0.0429. The van der Waals surface area contributed by atoms with Gasteiger partial charge < -0.3 is 15.6 Å². The number of aromatic nitrogens is 2. The summed E-state index contributed by atoms with van der Waals surface area (Å²) in [7, 11) is 0. The van der Waals surface area contributed by atoms with Crippen molar-refractivity contribution >= 4 is 96.7 Å². The fraction of sp³-hybridized carbons (Fsp3) is 0.179. The molecule has 11 heteroatoms. The highest BCUT2D eigenvalue weighted by molar-refractivity contribution is 14.3. The molecule has 2 heterocycles. The predicted molar refractivity (Wildman–Crippen MR) is 171 cm³/mol. The summed E-state index contributed by atoms with van der Waals surface area (Å²) in [5, 5.41) is 5.93. The van der Waals surface area contributed by atoms with Gasteiger partial charge in [0.2, 0.25) is 0 Å². The van der Waals surface area contributed by atoms with Crippen molar-refractivity contribution < 1.29 is 18.4 Å².